The molecule has 16 nitrogen and oxygen atoms in total. The van der Waals surface area contributed by atoms with Crippen LogP contribution in [0, 0.1) is 5.92 Å². The molecule has 0 radical (unpaired) electrons. The molecule has 0 aromatic carbocycles. The smallest absolute Gasteiger partial charge is 0.303 e. The van der Waals surface area contributed by atoms with Crippen LogP contribution in [0.1, 0.15) is 59.3 Å². The molecule has 0 spiro atoms. The maximum absolute atomic E-state index is 13.2. The molecular formula is C24H41N7O9. The molecule has 1 aliphatic rings. The number of carbonyl (C=O) groups excluding carboxylic acids is 6. The zero-order valence-corrected chi connectivity index (χ0v) is 22.9. The van der Waals surface area contributed by atoms with Crippen LogP contribution in [-0.4, -0.2) is 94.5 Å². The van der Waals surface area contributed by atoms with Gasteiger partial charge in [-0.1, -0.05) is 13.8 Å². The van der Waals surface area contributed by atoms with Crippen LogP contribution in [0.25, 0.3) is 0 Å². The lowest BCUT2D eigenvalue weighted by atomic mass is 10.0. The standard InChI is InChI=1S/C24H41N7O9/c1-11(2)18(30-21(37)13-5-4-10-27-13)24(40)29-14(6-8-16(25)33)22(38)28-15(7-9-17(34)35)23(39)31-19(12(3)32)20(26)36/h11-15,18-19,27,32H,4-10H2,1-3H3,(H2,25,33)(H2,26,36)(H,28,38)(H,29,40)(H,30,37)(H,31,39)(H,34,35)/t12-,13+,14+,15+,18+,19+/m1/s1. The van der Waals surface area contributed by atoms with Crippen LogP contribution in [0.15, 0.2) is 0 Å². The van der Waals surface area contributed by atoms with E-state index in [9.17, 15) is 38.7 Å². The predicted molar refractivity (Wildman–Crippen MR) is 140 cm³/mol. The van der Waals surface area contributed by atoms with E-state index in [1.165, 1.54) is 6.92 Å². The molecule has 6 atom stereocenters. The molecule has 0 aliphatic carbocycles. The number of hydrogen-bond donors (Lipinski definition) is 9. The van der Waals surface area contributed by atoms with Crippen LogP contribution in [0.2, 0.25) is 0 Å². The highest BCUT2D eigenvalue weighted by Gasteiger charge is 2.34. The van der Waals surface area contributed by atoms with E-state index >= 15 is 0 Å². The third kappa shape index (κ3) is 11.5. The van der Waals surface area contributed by atoms with Crippen molar-refractivity contribution in [3.8, 4) is 0 Å². The van der Waals surface area contributed by atoms with Gasteiger partial charge >= 0.3 is 5.97 Å². The van der Waals surface area contributed by atoms with Crippen molar-refractivity contribution in [3.05, 3.63) is 0 Å². The Hall–Kier alpha value is -3.79. The zero-order chi connectivity index (χ0) is 30.6. The van der Waals surface area contributed by atoms with Crippen LogP contribution in [-0.2, 0) is 33.6 Å². The first-order chi connectivity index (χ1) is 18.6. The van der Waals surface area contributed by atoms with Crippen molar-refractivity contribution < 1.29 is 43.8 Å². The minimum absolute atomic E-state index is 0.263. The number of nitrogens with two attached hydrogens (primary N) is 2. The lowest BCUT2D eigenvalue weighted by Gasteiger charge is -2.28. The first kappa shape index (κ1) is 34.2. The van der Waals surface area contributed by atoms with Gasteiger partial charge in [0.05, 0.1) is 12.1 Å². The van der Waals surface area contributed by atoms with Gasteiger partial charge in [0.15, 0.2) is 0 Å². The number of carbonyl (C=O) groups is 7. The van der Waals surface area contributed by atoms with Crippen molar-refractivity contribution in [2.75, 3.05) is 6.54 Å². The Morgan fingerprint density at radius 1 is 0.825 bits per heavy atom. The van der Waals surface area contributed by atoms with Crippen molar-refractivity contribution >= 4 is 41.4 Å². The average molecular weight is 572 g/mol. The molecule has 1 fully saturated rings. The first-order valence-corrected chi connectivity index (χ1v) is 13.1. The summed E-state index contributed by atoms with van der Waals surface area (Å²) in [7, 11) is 0. The summed E-state index contributed by atoms with van der Waals surface area (Å²) in [5, 5.41) is 31.5. The molecule has 11 N–H and O–H groups in total. The summed E-state index contributed by atoms with van der Waals surface area (Å²) in [5.74, 6) is -6.54. The molecular weight excluding hydrogens is 530 g/mol. The van der Waals surface area contributed by atoms with Crippen LogP contribution in [0.4, 0.5) is 0 Å². The summed E-state index contributed by atoms with van der Waals surface area (Å²) in [6.07, 6.45) is -1.52. The molecule has 226 valence electrons. The molecule has 0 bridgehead atoms. The molecule has 0 aromatic heterocycles. The summed E-state index contributed by atoms with van der Waals surface area (Å²) in [5.41, 5.74) is 10.4. The Morgan fingerprint density at radius 3 is 1.82 bits per heavy atom. The maximum atomic E-state index is 13.2. The minimum atomic E-state index is -1.52. The lowest BCUT2D eigenvalue weighted by Crippen LogP contribution is -2.60. The minimum Gasteiger partial charge on any atom is -0.481 e. The number of aliphatic hydroxyl groups excluding tert-OH is 1. The van der Waals surface area contributed by atoms with E-state index in [1.807, 2.05) is 0 Å². The number of hydrogen-bond acceptors (Lipinski definition) is 9. The highest BCUT2D eigenvalue weighted by molar-refractivity contribution is 5.96. The van der Waals surface area contributed by atoms with Crippen LogP contribution >= 0.6 is 0 Å². The molecule has 1 aliphatic heterocycles. The molecule has 6 amide bonds. The Bertz CT molecular complexity index is 951. The highest BCUT2D eigenvalue weighted by atomic mass is 16.4. The Kier molecular flexibility index (Phi) is 14.0. The van der Waals surface area contributed by atoms with Crippen molar-refractivity contribution in [2.45, 2.75) is 95.6 Å². The van der Waals surface area contributed by atoms with Crippen LogP contribution in [0.3, 0.4) is 0 Å². The van der Waals surface area contributed by atoms with Gasteiger partial charge in [-0.25, -0.2) is 0 Å². The van der Waals surface area contributed by atoms with Gasteiger partial charge < -0.3 is 48.3 Å². The van der Waals surface area contributed by atoms with E-state index in [0.29, 0.717) is 13.0 Å². The van der Waals surface area contributed by atoms with Gasteiger partial charge in [-0.15, -0.1) is 0 Å². The monoisotopic (exact) mass is 571 g/mol. The second-order valence-electron chi connectivity index (χ2n) is 10.1. The molecule has 0 aromatic rings. The van der Waals surface area contributed by atoms with E-state index in [4.69, 9.17) is 16.6 Å². The molecule has 0 saturated carbocycles. The van der Waals surface area contributed by atoms with Crippen molar-refractivity contribution in [2.24, 2.45) is 17.4 Å². The van der Waals surface area contributed by atoms with Gasteiger partial charge in [-0.05, 0) is 45.1 Å². The fraction of sp³-hybridized carbons (Fsp3) is 0.708. The maximum Gasteiger partial charge on any atom is 0.303 e. The van der Waals surface area contributed by atoms with Crippen LogP contribution in [0.5, 0.6) is 0 Å². The summed E-state index contributed by atoms with van der Waals surface area (Å²) in [6, 6.07) is -5.92. The summed E-state index contributed by atoms with van der Waals surface area (Å²) < 4.78 is 0. The van der Waals surface area contributed by atoms with Crippen molar-refractivity contribution in [3.63, 3.8) is 0 Å². The average Bonchev–Trinajstić information content (AvgIpc) is 3.39. The lowest BCUT2D eigenvalue weighted by molar-refractivity contribution is -0.139. The Morgan fingerprint density at radius 2 is 1.38 bits per heavy atom. The number of carboxylic acid groups (broad SMARTS) is 1. The largest absolute Gasteiger partial charge is 0.481 e. The normalized spacial score (nSPS) is 18.5. The van der Waals surface area contributed by atoms with E-state index < -0.39 is 84.7 Å². The second kappa shape index (κ2) is 16.3. The van der Waals surface area contributed by atoms with Gasteiger partial charge in [0.1, 0.15) is 24.2 Å². The van der Waals surface area contributed by atoms with E-state index in [2.05, 4.69) is 26.6 Å². The third-order valence-electron chi connectivity index (χ3n) is 6.30. The number of aliphatic hydroxyl groups is 1. The number of amides is 6. The molecule has 1 saturated heterocycles. The SMILES string of the molecule is CC(C)[C@H](NC(=O)[C@@H]1CCCN1)C(=O)N[C@@H](CCC(N)=O)C(=O)N[C@@H](CCC(=O)O)C(=O)N[C@H](C(N)=O)[C@@H](C)O. The highest BCUT2D eigenvalue weighted by Crippen LogP contribution is 2.10. The number of rotatable bonds is 17. The van der Waals surface area contributed by atoms with Gasteiger partial charge in [0.2, 0.25) is 35.4 Å². The molecule has 40 heavy (non-hydrogen) atoms. The molecule has 0 unspecified atom stereocenters. The number of primary amides is 2. The van der Waals surface area contributed by atoms with Crippen LogP contribution < -0.4 is 38.1 Å². The van der Waals surface area contributed by atoms with E-state index in [0.717, 1.165) is 6.42 Å². The van der Waals surface area contributed by atoms with Gasteiger partial charge in [0.25, 0.3) is 0 Å². The summed E-state index contributed by atoms with van der Waals surface area (Å²) >= 11 is 0. The number of nitrogens with one attached hydrogen (secondary N) is 5. The fourth-order valence-corrected chi connectivity index (χ4v) is 4.01. The van der Waals surface area contributed by atoms with Crippen molar-refractivity contribution in [1.82, 2.24) is 26.6 Å². The van der Waals surface area contributed by atoms with Gasteiger partial charge in [-0.3, -0.25) is 33.6 Å². The summed E-state index contributed by atoms with van der Waals surface area (Å²) in [6.45, 7) is 5.24. The number of aliphatic carboxylic acids is 1. The number of carboxylic acids is 1. The van der Waals surface area contributed by atoms with Crippen molar-refractivity contribution in [1.29, 1.82) is 0 Å². The van der Waals surface area contributed by atoms with E-state index in [-0.39, 0.29) is 24.7 Å². The van der Waals surface area contributed by atoms with E-state index in [1.54, 1.807) is 13.8 Å². The fourth-order valence-electron chi connectivity index (χ4n) is 4.01. The molecule has 1 rings (SSSR count). The van der Waals surface area contributed by atoms with Gasteiger partial charge in [-0.2, -0.15) is 0 Å². The quantitative estimate of drug-likeness (QED) is 0.0825. The first-order valence-electron chi connectivity index (χ1n) is 13.1. The Labute approximate surface area is 231 Å². The topological polar surface area (TPSA) is 272 Å². The third-order valence-corrected chi connectivity index (χ3v) is 6.30. The Balaban J connectivity index is 3.10. The molecule has 1 heterocycles. The zero-order valence-electron chi connectivity index (χ0n) is 22.9. The molecule has 16 heteroatoms. The second-order valence-corrected chi connectivity index (χ2v) is 10.1. The summed E-state index contributed by atoms with van der Waals surface area (Å²) in [4.78, 5) is 85.9. The predicted octanol–water partition coefficient (Wildman–Crippen LogP) is -3.67. The van der Waals surface area contributed by atoms with Gasteiger partial charge in [0, 0.05) is 12.8 Å².